The smallest absolute Gasteiger partial charge is 0.109 e. The van der Waals surface area contributed by atoms with E-state index in [-0.39, 0.29) is 0 Å². The molecule has 16 heavy (non-hydrogen) atoms. The molecule has 1 heterocycles. The maximum absolute atomic E-state index is 4.31. The van der Waals surface area contributed by atoms with E-state index in [0.29, 0.717) is 0 Å². The number of nitrogens with one attached hydrogen (secondary N) is 1. The Kier molecular flexibility index (Phi) is 4.17. The number of rotatable bonds is 5. The largest absolute Gasteiger partial charge is 0.338 e. The van der Waals surface area contributed by atoms with Crippen molar-refractivity contribution in [3.63, 3.8) is 0 Å². The molecule has 3 heteroatoms. The quantitative estimate of drug-likeness (QED) is 0.605. The first-order valence-electron chi connectivity index (χ1n) is 6.18. The first-order chi connectivity index (χ1) is 7.86. The van der Waals surface area contributed by atoms with Gasteiger partial charge < -0.3 is 9.88 Å². The van der Waals surface area contributed by atoms with Gasteiger partial charge in [0.15, 0.2) is 0 Å². The fourth-order valence-corrected chi connectivity index (χ4v) is 2.19. The van der Waals surface area contributed by atoms with Gasteiger partial charge in [0.2, 0.25) is 0 Å². The Balaban J connectivity index is 1.62. The van der Waals surface area contributed by atoms with Gasteiger partial charge in [0.05, 0.1) is 0 Å². The third-order valence-corrected chi connectivity index (χ3v) is 3.26. The normalized spacial score (nSPS) is 20.2. The number of hydrogen-bond donors (Lipinski definition) is 1. The Morgan fingerprint density at radius 2 is 2.44 bits per heavy atom. The molecule has 1 aliphatic carbocycles. The molecular formula is C13H21N3. The summed E-state index contributed by atoms with van der Waals surface area (Å²) in [6.45, 7) is 2.18. The molecule has 1 atom stereocenters. The van der Waals surface area contributed by atoms with Gasteiger partial charge in [0.25, 0.3) is 0 Å². The van der Waals surface area contributed by atoms with Crippen LogP contribution in [0.15, 0.2) is 24.5 Å². The molecule has 0 bridgehead atoms. The van der Waals surface area contributed by atoms with Crippen LogP contribution in [0.25, 0.3) is 0 Å². The summed E-state index contributed by atoms with van der Waals surface area (Å²) in [4.78, 5) is 4.31. The second kappa shape index (κ2) is 5.85. The van der Waals surface area contributed by atoms with Crippen LogP contribution < -0.4 is 5.32 Å². The van der Waals surface area contributed by atoms with E-state index in [1.54, 1.807) is 0 Å². The summed E-state index contributed by atoms with van der Waals surface area (Å²) < 4.78 is 2.09. The van der Waals surface area contributed by atoms with Crippen molar-refractivity contribution in [2.75, 3.05) is 13.1 Å². The third kappa shape index (κ3) is 3.20. The zero-order chi connectivity index (χ0) is 11.2. The minimum absolute atomic E-state index is 0.839. The summed E-state index contributed by atoms with van der Waals surface area (Å²) in [7, 11) is 2.05. The van der Waals surface area contributed by atoms with Gasteiger partial charge in [0.1, 0.15) is 5.82 Å². The average Bonchev–Trinajstić information content (AvgIpc) is 2.72. The number of aryl methyl sites for hydroxylation is 1. The van der Waals surface area contributed by atoms with Crippen LogP contribution in [0.5, 0.6) is 0 Å². The van der Waals surface area contributed by atoms with Crippen molar-refractivity contribution in [2.45, 2.75) is 25.7 Å². The Morgan fingerprint density at radius 1 is 1.50 bits per heavy atom. The van der Waals surface area contributed by atoms with E-state index in [2.05, 4.69) is 27.0 Å². The number of imidazole rings is 1. The molecule has 1 N–H and O–H groups in total. The molecule has 1 unspecified atom stereocenters. The molecule has 0 radical (unpaired) electrons. The number of hydrogen-bond acceptors (Lipinski definition) is 2. The van der Waals surface area contributed by atoms with Crippen molar-refractivity contribution in [2.24, 2.45) is 13.0 Å². The second-order valence-electron chi connectivity index (χ2n) is 4.56. The van der Waals surface area contributed by atoms with E-state index in [9.17, 15) is 0 Å². The third-order valence-electron chi connectivity index (χ3n) is 3.26. The summed E-state index contributed by atoms with van der Waals surface area (Å²) in [6.07, 6.45) is 13.3. The van der Waals surface area contributed by atoms with Crippen molar-refractivity contribution in [3.8, 4) is 0 Å². The lowest BCUT2D eigenvalue weighted by Crippen LogP contribution is -2.26. The van der Waals surface area contributed by atoms with Crippen molar-refractivity contribution >= 4 is 0 Å². The van der Waals surface area contributed by atoms with E-state index >= 15 is 0 Å². The highest BCUT2D eigenvalue weighted by atomic mass is 15.0. The van der Waals surface area contributed by atoms with Crippen molar-refractivity contribution in [3.05, 3.63) is 30.4 Å². The van der Waals surface area contributed by atoms with Gasteiger partial charge >= 0.3 is 0 Å². The SMILES string of the molecule is Cn1ccnc1CCNCC1CC=CCC1. The molecule has 0 amide bonds. The Morgan fingerprint density at radius 3 is 3.12 bits per heavy atom. The lowest BCUT2D eigenvalue weighted by atomic mass is 9.94. The summed E-state index contributed by atoms with van der Waals surface area (Å²) >= 11 is 0. The summed E-state index contributed by atoms with van der Waals surface area (Å²) in [5.74, 6) is 2.00. The highest BCUT2D eigenvalue weighted by molar-refractivity contribution is 4.92. The molecule has 0 aliphatic heterocycles. The Hall–Kier alpha value is -1.09. The molecule has 0 spiro atoms. The van der Waals surface area contributed by atoms with Gasteiger partial charge in [-0.3, -0.25) is 0 Å². The van der Waals surface area contributed by atoms with E-state index < -0.39 is 0 Å². The monoisotopic (exact) mass is 219 g/mol. The fourth-order valence-electron chi connectivity index (χ4n) is 2.19. The van der Waals surface area contributed by atoms with Crippen LogP contribution >= 0.6 is 0 Å². The van der Waals surface area contributed by atoms with Crippen LogP contribution in [0.2, 0.25) is 0 Å². The van der Waals surface area contributed by atoms with Crippen LogP contribution in [0.3, 0.4) is 0 Å². The molecule has 2 rings (SSSR count). The molecule has 3 nitrogen and oxygen atoms in total. The number of allylic oxidation sites excluding steroid dienone is 2. The Labute approximate surface area is 97.6 Å². The van der Waals surface area contributed by atoms with Crippen LogP contribution in [0.4, 0.5) is 0 Å². The van der Waals surface area contributed by atoms with Gasteiger partial charge in [-0.15, -0.1) is 0 Å². The van der Waals surface area contributed by atoms with Crippen molar-refractivity contribution in [1.29, 1.82) is 0 Å². The lowest BCUT2D eigenvalue weighted by Gasteiger charge is -2.18. The van der Waals surface area contributed by atoms with E-state index in [1.165, 1.54) is 19.3 Å². The number of nitrogens with zero attached hydrogens (tertiary/aromatic N) is 2. The number of aromatic nitrogens is 2. The maximum atomic E-state index is 4.31. The average molecular weight is 219 g/mol. The van der Waals surface area contributed by atoms with Gasteiger partial charge in [-0.05, 0) is 31.7 Å². The second-order valence-corrected chi connectivity index (χ2v) is 4.56. The molecule has 1 aromatic rings. The standard InChI is InChI=1S/C13H21N3/c1-16-10-9-15-13(16)7-8-14-11-12-5-3-2-4-6-12/h2-3,9-10,12,14H,4-8,11H2,1H3. The summed E-state index contributed by atoms with van der Waals surface area (Å²) in [5.41, 5.74) is 0. The first-order valence-corrected chi connectivity index (χ1v) is 6.18. The summed E-state index contributed by atoms with van der Waals surface area (Å²) in [5, 5.41) is 3.53. The van der Waals surface area contributed by atoms with Gasteiger partial charge in [0, 0.05) is 32.4 Å². The molecule has 1 aromatic heterocycles. The highest BCUT2D eigenvalue weighted by Gasteiger charge is 2.08. The molecular weight excluding hydrogens is 198 g/mol. The van der Waals surface area contributed by atoms with Crippen LogP contribution in [-0.4, -0.2) is 22.6 Å². The molecule has 0 saturated heterocycles. The van der Waals surface area contributed by atoms with Crippen LogP contribution in [0, 0.1) is 5.92 Å². The zero-order valence-electron chi connectivity index (χ0n) is 10.0. The molecule has 0 saturated carbocycles. The van der Waals surface area contributed by atoms with E-state index in [1.807, 2.05) is 19.4 Å². The van der Waals surface area contributed by atoms with Crippen LogP contribution in [-0.2, 0) is 13.5 Å². The van der Waals surface area contributed by atoms with Gasteiger partial charge in [-0.2, -0.15) is 0 Å². The van der Waals surface area contributed by atoms with Gasteiger partial charge in [-0.25, -0.2) is 4.98 Å². The predicted molar refractivity (Wildman–Crippen MR) is 66.3 cm³/mol. The molecule has 0 aromatic carbocycles. The maximum Gasteiger partial charge on any atom is 0.109 e. The fraction of sp³-hybridized carbons (Fsp3) is 0.615. The minimum atomic E-state index is 0.839. The van der Waals surface area contributed by atoms with Crippen LogP contribution in [0.1, 0.15) is 25.1 Å². The minimum Gasteiger partial charge on any atom is -0.338 e. The lowest BCUT2D eigenvalue weighted by molar-refractivity contribution is 0.441. The predicted octanol–water partition coefficient (Wildman–Crippen LogP) is 1.91. The summed E-state index contributed by atoms with van der Waals surface area (Å²) in [6, 6.07) is 0. The first kappa shape index (κ1) is 11.4. The van der Waals surface area contributed by atoms with E-state index in [0.717, 1.165) is 31.3 Å². The zero-order valence-corrected chi connectivity index (χ0v) is 10.0. The van der Waals surface area contributed by atoms with Crippen molar-refractivity contribution < 1.29 is 0 Å². The highest BCUT2D eigenvalue weighted by Crippen LogP contribution is 2.16. The van der Waals surface area contributed by atoms with Crippen molar-refractivity contribution in [1.82, 2.24) is 14.9 Å². The Bertz CT molecular complexity index is 341. The molecule has 1 aliphatic rings. The van der Waals surface area contributed by atoms with E-state index in [4.69, 9.17) is 0 Å². The van der Waals surface area contributed by atoms with Gasteiger partial charge in [-0.1, -0.05) is 12.2 Å². The topological polar surface area (TPSA) is 29.9 Å². The molecule has 88 valence electrons. The molecule has 0 fully saturated rings.